The average Bonchev–Trinajstić information content (AvgIpc) is 2.20. The molecule has 0 aliphatic rings. The molecule has 1 N–H and O–H groups in total. The van der Waals surface area contributed by atoms with Gasteiger partial charge in [-0.3, -0.25) is 0 Å². The minimum Gasteiger partial charge on any atom is -0.490 e. The number of hydrogen-bond donors (Lipinski definition) is 1. The summed E-state index contributed by atoms with van der Waals surface area (Å²) in [7, 11) is 1.63. The normalized spacial score (nSPS) is 10.2. The van der Waals surface area contributed by atoms with Crippen LogP contribution in [0.4, 0.5) is 0 Å². The van der Waals surface area contributed by atoms with Gasteiger partial charge in [0.25, 0.3) is 0 Å². The summed E-state index contributed by atoms with van der Waals surface area (Å²) in [6.45, 7) is 1.12. The summed E-state index contributed by atoms with van der Waals surface area (Å²) in [4.78, 5) is 0. The minimum atomic E-state index is 0.0386. The van der Waals surface area contributed by atoms with Crippen LogP contribution in [-0.2, 0) is 11.3 Å². The molecule has 0 aliphatic carbocycles. The summed E-state index contributed by atoms with van der Waals surface area (Å²) < 4.78 is 11.1. The first-order valence-corrected chi connectivity index (χ1v) is 5.08. The lowest BCUT2D eigenvalue weighted by Crippen LogP contribution is -2.04. The molecule has 0 saturated carbocycles. The first-order valence-electron chi connectivity index (χ1n) is 4.29. The van der Waals surface area contributed by atoms with Crippen molar-refractivity contribution in [2.45, 2.75) is 6.61 Å². The highest BCUT2D eigenvalue weighted by atomic mass is 79.9. The van der Waals surface area contributed by atoms with E-state index in [4.69, 9.17) is 14.6 Å². The van der Waals surface area contributed by atoms with Gasteiger partial charge in [-0.05, 0) is 33.6 Å². The third kappa shape index (κ3) is 3.29. The molecule has 0 aliphatic heterocycles. The van der Waals surface area contributed by atoms with Gasteiger partial charge in [0.15, 0.2) is 0 Å². The summed E-state index contributed by atoms with van der Waals surface area (Å²) in [5, 5.41) is 8.89. The van der Waals surface area contributed by atoms with E-state index in [-0.39, 0.29) is 6.61 Å². The monoisotopic (exact) mass is 260 g/mol. The average molecular weight is 261 g/mol. The highest BCUT2D eigenvalue weighted by Crippen LogP contribution is 2.25. The zero-order valence-electron chi connectivity index (χ0n) is 8.00. The lowest BCUT2D eigenvalue weighted by Gasteiger charge is -2.08. The summed E-state index contributed by atoms with van der Waals surface area (Å²) in [5.74, 6) is 0.763. The molecule has 0 heterocycles. The van der Waals surface area contributed by atoms with Crippen LogP contribution in [0.25, 0.3) is 0 Å². The van der Waals surface area contributed by atoms with Crippen LogP contribution in [0.1, 0.15) is 5.56 Å². The molecule has 1 aromatic rings. The fourth-order valence-electron chi connectivity index (χ4n) is 0.995. The third-order valence-corrected chi connectivity index (χ3v) is 2.34. The van der Waals surface area contributed by atoms with Crippen molar-refractivity contribution < 1.29 is 14.6 Å². The molecule has 0 radical (unpaired) electrons. The van der Waals surface area contributed by atoms with Crippen LogP contribution < -0.4 is 4.74 Å². The van der Waals surface area contributed by atoms with Gasteiger partial charge in [0.1, 0.15) is 12.4 Å². The Hall–Kier alpha value is -0.580. The summed E-state index contributed by atoms with van der Waals surface area (Å²) in [5.41, 5.74) is 0.857. The summed E-state index contributed by atoms with van der Waals surface area (Å²) >= 11 is 3.36. The molecule has 0 amide bonds. The van der Waals surface area contributed by atoms with E-state index in [9.17, 15) is 0 Å². The summed E-state index contributed by atoms with van der Waals surface area (Å²) in [6, 6.07) is 5.49. The van der Waals surface area contributed by atoms with Gasteiger partial charge in [0, 0.05) is 7.11 Å². The molecule has 0 aromatic heterocycles. The number of halogens is 1. The molecule has 14 heavy (non-hydrogen) atoms. The zero-order chi connectivity index (χ0) is 10.4. The highest BCUT2D eigenvalue weighted by molar-refractivity contribution is 9.10. The molecule has 78 valence electrons. The van der Waals surface area contributed by atoms with Gasteiger partial charge in [-0.2, -0.15) is 0 Å². The Morgan fingerprint density at radius 1 is 1.36 bits per heavy atom. The number of aliphatic hydroxyl groups excluding tert-OH is 1. The molecule has 0 spiro atoms. The van der Waals surface area contributed by atoms with Crippen LogP contribution in [0, 0.1) is 0 Å². The predicted octanol–water partition coefficient (Wildman–Crippen LogP) is 1.97. The van der Waals surface area contributed by atoms with E-state index in [1.165, 1.54) is 0 Å². The van der Waals surface area contributed by atoms with Crippen LogP contribution >= 0.6 is 15.9 Å². The van der Waals surface area contributed by atoms with Crippen molar-refractivity contribution in [3.8, 4) is 5.75 Å². The van der Waals surface area contributed by atoms with Crippen LogP contribution in [0.2, 0.25) is 0 Å². The first kappa shape index (κ1) is 11.5. The molecule has 1 aromatic carbocycles. The van der Waals surface area contributed by atoms with Gasteiger partial charge in [-0.25, -0.2) is 0 Å². The van der Waals surface area contributed by atoms with E-state index in [0.29, 0.717) is 13.2 Å². The van der Waals surface area contributed by atoms with Crippen molar-refractivity contribution in [3.05, 3.63) is 28.2 Å². The highest BCUT2D eigenvalue weighted by Gasteiger charge is 2.01. The van der Waals surface area contributed by atoms with Gasteiger partial charge in [0.2, 0.25) is 0 Å². The Balaban J connectivity index is 2.59. The lowest BCUT2D eigenvalue weighted by atomic mass is 10.2. The maximum Gasteiger partial charge on any atom is 0.133 e. The second-order valence-corrected chi connectivity index (χ2v) is 3.62. The molecule has 4 heteroatoms. The second kappa shape index (κ2) is 6.01. The van der Waals surface area contributed by atoms with Gasteiger partial charge in [-0.15, -0.1) is 0 Å². The Bertz CT molecular complexity index is 289. The molecular weight excluding hydrogens is 248 g/mol. The SMILES string of the molecule is COCCOc1ccc(CO)cc1Br. The Kier molecular flexibility index (Phi) is 4.93. The van der Waals surface area contributed by atoms with Gasteiger partial charge >= 0.3 is 0 Å². The molecule has 0 fully saturated rings. The van der Waals surface area contributed by atoms with E-state index in [1.807, 2.05) is 18.2 Å². The summed E-state index contributed by atoms with van der Waals surface area (Å²) in [6.07, 6.45) is 0. The molecule has 0 saturated heterocycles. The van der Waals surface area contributed by atoms with E-state index in [0.717, 1.165) is 15.8 Å². The molecule has 0 atom stereocenters. The maximum atomic E-state index is 8.89. The van der Waals surface area contributed by atoms with Crippen molar-refractivity contribution in [1.82, 2.24) is 0 Å². The number of benzene rings is 1. The standard InChI is InChI=1S/C10H13BrO3/c1-13-4-5-14-10-3-2-8(7-12)6-9(10)11/h2-3,6,12H,4-5,7H2,1H3. The largest absolute Gasteiger partial charge is 0.490 e. The van der Waals surface area contributed by atoms with Crippen molar-refractivity contribution in [1.29, 1.82) is 0 Å². The van der Waals surface area contributed by atoms with Gasteiger partial charge < -0.3 is 14.6 Å². The molecule has 3 nitrogen and oxygen atoms in total. The smallest absolute Gasteiger partial charge is 0.133 e. The van der Waals surface area contributed by atoms with Crippen LogP contribution in [-0.4, -0.2) is 25.4 Å². The quantitative estimate of drug-likeness (QED) is 0.823. The van der Waals surface area contributed by atoms with Gasteiger partial charge in [-0.1, -0.05) is 6.07 Å². The first-order chi connectivity index (χ1) is 6.77. The minimum absolute atomic E-state index is 0.0386. The Morgan fingerprint density at radius 3 is 2.71 bits per heavy atom. The molecule has 0 bridgehead atoms. The van der Waals surface area contributed by atoms with Crippen molar-refractivity contribution in [2.24, 2.45) is 0 Å². The molecule has 0 unspecified atom stereocenters. The number of methoxy groups -OCH3 is 1. The fraction of sp³-hybridized carbons (Fsp3) is 0.400. The topological polar surface area (TPSA) is 38.7 Å². The number of ether oxygens (including phenoxy) is 2. The van der Waals surface area contributed by atoms with Crippen molar-refractivity contribution in [2.75, 3.05) is 20.3 Å². The third-order valence-electron chi connectivity index (χ3n) is 1.72. The van der Waals surface area contributed by atoms with Crippen LogP contribution in [0.3, 0.4) is 0 Å². The Morgan fingerprint density at radius 2 is 2.14 bits per heavy atom. The predicted molar refractivity (Wildman–Crippen MR) is 57.4 cm³/mol. The van der Waals surface area contributed by atoms with Crippen LogP contribution in [0.15, 0.2) is 22.7 Å². The Labute approximate surface area is 91.8 Å². The number of aliphatic hydroxyl groups is 1. The zero-order valence-corrected chi connectivity index (χ0v) is 9.58. The van der Waals surface area contributed by atoms with Gasteiger partial charge in [0.05, 0.1) is 17.7 Å². The molecule has 1 rings (SSSR count). The number of rotatable bonds is 5. The lowest BCUT2D eigenvalue weighted by molar-refractivity contribution is 0.146. The maximum absolute atomic E-state index is 8.89. The second-order valence-electron chi connectivity index (χ2n) is 2.76. The fourth-order valence-corrected chi connectivity index (χ4v) is 1.54. The van der Waals surface area contributed by atoms with E-state index >= 15 is 0 Å². The van der Waals surface area contributed by atoms with Crippen molar-refractivity contribution in [3.63, 3.8) is 0 Å². The van der Waals surface area contributed by atoms with E-state index in [1.54, 1.807) is 7.11 Å². The number of hydrogen-bond acceptors (Lipinski definition) is 3. The van der Waals surface area contributed by atoms with Crippen molar-refractivity contribution >= 4 is 15.9 Å². The van der Waals surface area contributed by atoms with E-state index in [2.05, 4.69) is 15.9 Å². The molecular formula is C10H13BrO3. The van der Waals surface area contributed by atoms with E-state index < -0.39 is 0 Å². The van der Waals surface area contributed by atoms with Crippen LogP contribution in [0.5, 0.6) is 5.75 Å².